The van der Waals surface area contributed by atoms with Gasteiger partial charge < -0.3 is 19.5 Å². The molecule has 1 aromatic carbocycles. The lowest BCUT2D eigenvalue weighted by molar-refractivity contribution is 0.0683. The third kappa shape index (κ3) is 2.36. The molecule has 1 aromatic heterocycles. The van der Waals surface area contributed by atoms with Crippen LogP contribution in [0.4, 0.5) is 8.78 Å². The molecule has 26 heavy (non-hydrogen) atoms. The molecule has 0 spiro atoms. The minimum absolute atomic E-state index is 0.0903. The van der Waals surface area contributed by atoms with Crippen molar-refractivity contribution in [2.45, 2.75) is 19.5 Å². The lowest BCUT2D eigenvalue weighted by Crippen LogP contribution is -2.40. The highest BCUT2D eigenvalue weighted by molar-refractivity contribution is 6.05. The second-order valence-electron chi connectivity index (χ2n) is 6.62. The SMILES string of the molecule is CN1CCc2c(c(O)c3n2CCN(Cc2ccc(F)c(F)c2)C3=O)C1=O. The van der Waals surface area contributed by atoms with Crippen LogP contribution < -0.4 is 0 Å². The summed E-state index contributed by atoms with van der Waals surface area (Å²) in [6.45, 7) is 1.42. The highest BCUT2D eigenvalue weighted by atomic mass is 19.2. The number of aromatic hydroxyl groups is 1. The molecule has 2 amide bonds. The summed E-state index contributed by atoms with van der Waals surface area (Å²) in [5.74, 6) is -2.94. The highest BCUT2D eigenvalue weighted by Gasteiger charge is 2.38. The zero-order chi connectivity index (χ0) is 18.6. The van der Waals surface area contributed by atoms with Gasteiger partial charge in [0, 0.05) is 45.3 Å². The van der Waals surface area contributed by atoms with E-state index in [1.807, 2.05) is 0 Å². The molecule has 0 aliphatic carbocycles. The quantitative estimate of drug-likeness (QED) is 0.886. The van der Waals surface area contributed by atoms with Crippen LogP contribution >= 0.6 is 0 Å². The van der Waals surface area contributed by atoms with E-state index in [0.717, 1.165) is 12.1 Å². The molecule has 0 fully saturated rings. The summed E-state index contributed by atoms with van der Waals surface area (Å²) in [6, 6.07) is 3.49. The predicted molar refractivity (Wildman–Crippen MR) is 87.9 cm³/mol. The molecule has 1 N–H and O–H groups in total. The van der Waals surface area contributed by atoms with Gasteiger partial charge in [0.2, 0.25) is 0 Å². The van der Waals surface area contributed by atoms with Gasteiger partial charge in [0.05, 0.1) is 0 Å². The van der Waals surface area contributed by atoms with Gasteiger partial charge in [-0.25, -0.2) is 8.78 Å². The standard InChI is InChI=1S/C18H17F2N3O3/c1-21-5-4-13-14(17(21)25)16(24)15-18(26)22(6-7-23(13)15)9-10-2-3-11(19)12(20)8-10/h2-3,8,24H,4-7,9H2,1H3. The van der Waals surface area contributed by atoms with E-state index in [4.69, 9.17) is 0 Å². The first-order valence-electron chi connectivity index (χ1n) is 8.31. The Hall–Kier alpha value is -2.90. The number of fused-ring (bicyclic) bond motifs is 3. The summed E-state index contributed by atoms with van der Waals surface area (Å²) in [6.07, 6.45) is 0.571. The van der Waals surface area contributed by atoms with Crippen LogP contribution in [-0.4, -0.2) is 51.4 Å². The fourth-order valence-electron chi connectivity index (χ4n) is 3.65. The molecule has 6 nitrogen and oxygen atoms in total. The number of rotatable bonds is 2. The van der Waals surface area contributed by atoms with E-state index >= 15 is 0 Å². The maximum atomic E-state index is 13.4. The van der Waals surface area contributed by atoms with E-state index in [1.54, 1.807) is 11.6 Å². The van der Waals surface area contributed by atoms with Gasteiger partial charge in [0.25, 0.3) is 11.8 Å². The lowest BCUT2D eigenvalue weighted by Gasteiger charge is -2.30. The number of nitrogens with zero attached hydrogens (tertiary/aromatic N) is 3. The van der Waals surface area contributed by atoms with Crippen molar-refractivity contribution in [3.8, 4) is 5.75 Å². The number of aromatic nitrogens is 1. The van der Waals surface area contributed by atoms with Crippen LogP contribution in [0.25, 0.3) is 0 Å². The number of hydrogen-bond acceptors (Lipinski definition) is 3. The molecule has 0 unspecified atom stereocenters. The first kappa shape index (κ1) is 16.6. The zero-order valence-electron chi connectivity index (χ0n) is 14.1. The zero-order valence-corrected chi connectivity index (χ0v) is 14.1. The fourth-order valence-corrected chi connectivity index (χ4v) is 3.65. The molecule has 0 saturated carbocycles. The molecule has 4 rings (SSSR count). The van der Waals surface area contributed by atoms with Gasteiger partial charge in [0.1, 0.15) is 5.56 Å². The van der Waals surface area contributed by atoms with Crippen molar-refractivity contribution in [1.29, 1.82) is 0 Å². The molecule has 3 heterocycles. The van der Waals surface area contributed by atoms with Gasteiger partial charge in [0.15, 0.2) is 23.1 Å². The third-order valence-electron chi connectivity index (χ3n) is 5.03. The Balaban J connectivity index is 1.68. The Bertz CT molecular complexity index is 938. The van der Waals surface area contributed by atoms with E-state index < -0.39 is 17.5 Å². The van der Waals surface area contributed by atoms with E-state index in [9.17, 15) is 23.5 Å². The third-order valence-corrected chi connectivity index (χ3v) is 5.03. The number of halogens is 2. The molecule has 2 aliphatic rings. The van der Waals surface area contributed by atoms with Crippen molar-refractivity contribution >= 4 is 11.8 Å². The molecule has 136 valence electrons. The van der Waals surface area contributed by atoms with E-state index in [2.05, 4.69) is 0 Å². The Morgan fingerprint density at radius 3 is 2.58 bits per heavy atom. The molecular formula is C18H17F2N3O3. The number of amides is 2. The maximum absolute atomic E-state index is 13.4. The monoisotopic (exact) mass is 361 g/mol. The number of likely N-dealkylation sites (N-methyl/N-ethyl adjacent to an activating group) is 1. The van der Waals surface area contributed by atoms with Gasteiger partial charge in [-0.15, -0.1) is 0 Å². The number of carbonyl (C=O) groups excluding carboxylic acids is 2. The average molecular weight is 361 g/mol. The van der Waals surface area contributed by atoms with Crippen LogP contribution in [0.5, 0.6) is 5.75 Å². The highest BCUT2D eigenvalue weighted by Crippen LogP contribution is 2.36. The van der Waals surface area contributed by atoms with E-state index in [0.29, 0.717) is 37.3 Å². The Labute approximate surface area is 148 Å². The van der Waals surface area contributed by atoms with Crippen molar-refractivity contribution in [3.05, 3.63) is 52.3 Å². The summed E-state index contributed by atoms with van der Waals surface area (Å²) in [7, 11) is 1.65. The van der Waals surface area contributed by atoms with Gasteiger partial charge in [-0.05, 0) is 17.7 Å². The van der Waals surface area contributed by atoms with E-state index in [-0.39, 0.29) is 29.5 Å². The van der Waals surface area contributed by atoms with Gasteiger partial charge in [-0.1, -0.05) is 6.07 Å². The minimum Gasteiger partial charge on any atom is -0.505 e. The second-order valence-corrected chi connectivity index (χ2v) is 6.62. The summed E-state index contributed by atoms with van der Waals surface area (Å²) in [5.41, 5.74) is 1.42. The van der Waals surface area contributed by atoms with Crippen LogP contribution in [-0.2, 0) is 19.5 Å². The topological polar surface area (TPSA) is 65.8 Å². The lowest BCUT2D eigenvalue weighted by atomic mass is 10.1. The molecule has 8 heteroatoms. The summed E-state index contributed by atoms with van der Waals surface area (Å²) >= 11 is 0. The minimum atomic E-state index is -0.970. The van der Waals surface area contributed by atoms with Gasteiger partial charge >= 0.3 is 0 Å². The average Bonchev–Trinajstić information content (AvgIpc) is 2.90. The predicted octanol–water partition coefficient (Wildman–Crippen LogP) is 1.76. The molecular weight excluding hydrogens is 344 g/mol. The first-order valence-corrected chi connectivity index (χ1v) is 8.31. The molecule has 0 radical (unpaired) electrons. The van der Waals surface area contributed by atoms with Crippen molar-refractivity contribution in [1.82, 2.24) is 14.4 Å². The number of carbonyl (C=O) groups is 2. The molecule has 0 bridgehead atoms. The van der Waals surface area contributed by atoms with Crippen LogP contribution in [0.3, 0.4) is 0 Å². The van der Waals surface area contributed by atoms with Crippen molar-refractivity contribution in [2.75, 3.05) is 20.1 Å². The van der Waals surface area contributed by atoms with Crippen molar-refractivity contribution < 1.29 is 23.5 Å². The van der Waals surface area contributed by atoms with E-state index in [1.165, 1.54) is 15.9 Å². The number of hydrogen-bond donors (Lipinski definition) is 1. The Morgan fingerprint density at radius 2 is 1.85 bits per heavy atom. The summed E-state index contributed by atoms with van der Waals surface area (Å²) in [4.78, 5) is 28.2. The fraction of sp³-hybridized carbons (Fsp3) is 0.333. The van der Waals surface area contributed by atoms with Crippen LogP contribution in [0, 0.1) is 11.6 Å². The van der Waals surface area contributed by atoms with Crippen LogP contribution in [0.1, 0.15) is 32.1 Å². The van der Waals surface area contributed by atoms with Crippen LogP contribution in [0.2, 0.25) is 0 Å². The molecule has 0 saturated heterocycles. The van der Waals surface area contributed by atoms with Crippen molar-refractivity contribution in [3.63, 3.8) is 0 Å². The van der Waals surface area contributed by atoms with Crippen molar-refractivity contribution in [2.24, 2.45) is 0 Å². The first-order chi connectivity index (χ1) is 12.4. The maximum Gasteiger partial charge on any atom is 0.274 e. The van der Waals surface area contributed by atoms with Crippen LogP contribution in [0.15, 0.2) is 18.2 Å². The molecule has 2 aromatic rings. The molecule has 2 aliphatic heterocycles. The largest absolute Gasteiger partial charge is 0.505 e. The Morgan fingerprint density at radius 1 is 1.08 bits per heavy atom. The summed E-state index contributed by atoms with van der Waals surface area (Å²) < 4.78 is 28.2. The molecule has 0 atom stereocenters. The van der Waals surface area contributed by atoms with Gasteiger partial charge in [-0.3, -0.25) is 9.59 Å². The normalized spacial score (nSPS) is 16.7. The van der Waals surface area contributed by atoms with Gasteiger partial charge in [-0.2, -0.15) is 0 Å². The number of benzene rings is 1. The Kier molecular flexibility index (Phi) is 3.71. The summed E-state index contributed by atoms with van der Waals surface area (Å²) in [5, 5.41) is 10.5. The smallest absolute Gasteiger partial charge is 0.274 e. The second kappa shape index (κ2) is 5.82.